The fourth-order valence-electron chi connectivity index (χ4n) is 0.962. The van der Waals surface area contributed by atoms with E-state index in [0.717, 1.165) is 17.1 Å². The highest BCUT2D eigenvalue weighted by atomic mass is 32.1. The molecule has 0 spiro atoms. The van der Waals surface area contributed by atoms with Gasteiger partial charge in [-0.3, -0.25) is 0 Å². The molecule has 1 aromatic heterocycles. The first-order valence-corrected chi connectivity index (χ1v) is 4.55. The molecule has 66 valence electrons. The SMILES string of the molecule is CCc1nc(C)sc1C(=O)OC. The van der Waals surface area contributed by atoms with Gasteiger partial charge in [-0.1, -0.05) is 6.92 Å². The van der Waals surface area contributed by atoms with Crippen molar-refractivity contribution in [2.24, 2.45) is 0 Å². The normalized spacial score (nSPS) is 9.92. The number of methoxy groups -OCH3 is 1. The second kappa shape index (κ2) is 3.67. The molecular weight excluding hydrogens is 174 g/mol. The van der Waals surface area contributed by atoms with Gasteiger partial charge in [-0.05, 0) is 13.3 Å². The lowest BCUT2D eigenvalue weighted by Crippen LogP contribution is -2.01. The molecular formula is C8H11NO2S. The lowest BCUT2D eigenvalue weighted by Gasteiger charge is -1.95. The molecule has 1 rings (SSSR count). The van der Waals surface area contributed by atoms with E-state index in [1.165, 1.54) is 18.4 Å². The van der Waals surface area contributed by atoms with E-state index in [0.29, 0.717) is 4.88 Å². The van der Waals surface area contributed by atoms with E-state index in [1.54, 1.807) is 0 Å². The number of carbonyl (C=O) groups is 1. The van der Waals surface area contributed by atoms with Gasteiger partial charge in [0.2, 0.25) is 0 Å². The van der Waals surface area contributed by atoms with Gasteiger partial charge in [0.25, 0.3) is 0 Å². The highest BCUT2D eigenvalue weighted by molar-refractivity contribution is 7.13. The minimum atomic E-state index is -0.280. The molecule has 0 aliphatic carbocycles. The minimum absolute atomic E-state index is 0.280. The number of esters is 1. The van der Waals surface area contributed by atoms with Gasteiger partial charge < -0.3 is 4.74 Å². The molecule has 4 heteroatoms. The Morgan fingerprint density at radius 2 is 2.33 bits per heavy atom. The van der Waals surface area contributed by atoms with E-state index < -0.39 is 0 Å². The molecule has 0 aliphatic heterocycles. The third-order valence-electron chi connectivity index (χ3n) is 1.51. The van der Waals surface area contributed by atoms with Gasteiger partial charge in [-0.15, -0.1) is 11.3 Å². The first kappa shape index (κ1) is 9.19. The summed E-state index contributed by atoms with van der Waals surface area (Å²) in [6, 6.07) is 0. The fraction of sp³-hybridized carbons (Fsp3) is 0.500. The Bertz CT molecular complexity index is 293. The topological polar surface area (TPSA) is 39.2 Å². The Morgan fingerprint density at radius 1 is 1.67 bits per heavy atom. The number of aryl methyl sites for hydroxylation is 2. The molecule has 1 aromatic rings. The zero-order valence-corrected chi connectivity index (χ0v) is 8.20. The molecule has 0 aromatic carbocycles. The Balaban J connectivity index is 3.04. The number of thiazole rings is 1. The maximum absolute atomic E-state index is 11.2. The van der Waals surface area contributed by atoms with E-state index in [4.69, 9.17) is 0 Å². The van der Waals surface area contributed by atoms with Gasteiger partial charge >= 0.3 is 5.97 Å². The van der Waals surface area contributed by atoms with Crippen LogP contribution in [0.5, 0.6) is 0 Å². The van der Waals surface area contributed by atoms with E-state index in [-0.39, 0.29) is 5.97 Å². The summed E-state index contributed by atoms with van der Waals surface area (Å²) in [5.74, 6) is -0.280. The monoisotopic (exact) mass is 185 g/mol. The first-order chi connectivity index (χ1) is 5.69. The maximum atomic E-state index is 11.2. The minimum Gasteiger partial charge on any atom is -0.465 e. The molecule has 0 atom stereocenters. The second-order valence-corrected chi connectivity index (χ2v) is 3.56. The van der Waals surface area contributed by atoms with Gasteiger partial charge in [0.05, 0.1) is 17.8 Å². The summed E-state index contributed by atoms with van der Waals surface area (Å²) in [6.07, 6.45) is 0.773. The third-order valence-corrected chi connectivity index (χ3v) is 2.50. The summed E-state index contributed by atoms with van der Waals surface area (Å²) >= 11 is 1.39. The molecule has 0 radical (unpaired) electrons. The van der Waals surface area contributed by atoms with Crippen LogP contribution in [-0.4, -0.2) is 18.1 Å². The zero-order chi connectivity index (χ0) is 9.14. The predicted molar refractivity (Wildman–Crippen MR) is 47.6 cm³/mol. The summed E-state index contributed by atoms with van der Waals surface area (Å²) in [5, 5.41) is 0.909. The summed E-state index contributed by atoms with van der Waals surface area (Å²) in [7, 11) is 1.39. The molecule has 0 amide bonds. The maximum Gasteiger partial charge on any atom is 0.349 e. The van der Waals surface area contributed by atoms with E-state index in [2.05, 4.69) is 9.72 Å². The molecule has 1 heterocycles. The van der Waals surface area contributed by atoms with E-state index in [1.807, 2.05) is 13.8 Å². The van der Waals surface area contributed by atoms with Crippen LogP contribution in [0.2, 0.25) is 0 Å². The number of aromatic nitrogens is 1. The Hall–Kier alpha value is -0.900. The fourth-order valence-corrected chi connectivity index (χ4v) is 1.89. The van der Waals surface area contributed by atoms with Crippen LogP contribution in [0.1, 0.15) is 27.3 Å². The van der Waals surface area contributed by atoms with Crippen molar-refractivity contribution in [1.29, 1.82) is 0 Å². The van der Waals surface area contributed by atoms with Gasteiger partial charge in [-0.25, -0.2) is 9.78 Å². The first-order valence-electron chi connectivity index (χ1n) is 3.73. The van der Waals surface area contributed by atoms with Crippen LogP contribution in [0.3, 0.4) is 0 Å². The smallest absolute Gasteiger partial charge is 0.349 e. The van der Waals surface area contributed by atoms with Crippen molar-refractivity contribution in [3.05, 3.63) is 15.6 Å². The molecule has 0 unspecified atom stereocenters. The molecule has 0 saturated heterocycles. The van der Waals surface area contributed by atoms with E-state index >= 15 is 0 Å². The molecule has 12 heavy (non-hydrogen) atoms. The van der Waals surface area contributed by atoms with Crippen LogP contribution in [0, 0.1) is 6.92 Å². The number of ether oxygens (including phenoxy) is 1. The van der Waals surface area contributed by atoms with Crippen molar-refractivity contribution in [2.75, 3.05) is 7.11 Å². The molecule has 3 nitrogen and oxygen atoms in total. The second-order valence-electron chi connectivity index (χ2n) is 2.35. The summed E-state index contributed by atoms with van der Waals surface area (Å²) < 4.78 is 4.62. The Labute approximate surface area is 75.4 Å². The van der Waals surface area contributed by atoms with Crippen LogP contribution < -0.4 is 0 Å². The lowest BCUT2D eigenvalue weighted by atomic mass is 10.3. The number of hydrogen-bond acceptors (Lipinski definition) is 4. The highest BCUT2D eigenvalue weighted by Crippen LogP contribution is 2.18. The van der Waals surface area contributed by atoms with Crippen molar-refractivity contribution >= 4 is 17.3 Å². The standard InChI is InChI=1S/C8H11NO2S/c1-4-6-7(8(10)11-3)12-5(2)9-6/h4H2,1-3H3. The number of nitrogens with zero attached hydrogens (tertiary/aromatic N) is 1. The molecule has 0 saturated carbocycles. The van der Waals surface area contributed by atoms with Gasteiger partial charge in [0.1, 0.15) is 4.88 Å². The predicted octanol–water partition coefficient (Wildman–Crippen LogP) is 1.80. The third kappa shape index (κ3) is 1.64. The largest absolute Gasteiger partial charge is 0.465 e. The average molecular weight is 185 g/mol. The van der Waals surface area contributed by atoms with Crippen molar-refractivity contribution < 1.29 is 9.53 Å². The van der Waals surface area contributed by atoms with Gasteiger partial charge in [0.15, 0.2) is 0 Å². The average Bonchev–Trinajstić information content (AvgIpc) is 2.45. The van der Waals surface area contributed by atoms with Crippen molar-refractivity contribution in [3.63, 3.8) is 0 Å². The number of carbonyl (C=O) groups excluding carboxylic acids is 1. The number of rotatable bonds is 2. The van der Waals surface area contributed by atoms with Crippen LogP contribution in [0.15, 0.2) is 0 Å². The van der Waals surface area contributed by atoms with Crippen molar-refractivity contribution in [1.82, 2.24) is 4.98 Å². The quantitative estimate of drug-likeness (QED) is 0.659. The van der Waals surface area contributed by atoms with Crippen LogP contribution in [0.25, 0.3) is 0 Å². The van der Waals surface area contributed by atoms with Crippen LogP contribution in [-0.2, 0) is 11.2 Å². The van der Waals surface area contributed by atoms with E-state index in [9.17, 15) is 4.79 Å². The molecule has 0 aliphatic rings. The van der Waals surface area contributed by atoms with Crippen LogP contribution in [0.4, 0.5) is 0 Å². The molecule has 0 fully saturated rings. The molecule has 0 N–H and O–H groups in total. The Kier molecular flexibility index (Phi) is 2.81. The summed E-state index contributed by atoms with van der Waals surface area (Å²) in [5.41, 5.74) is 0.837. The van der Waals surface area contributed by atoms with Crippen LogP contribution >= 0.6 is 11.3 Å². The summed E-state index contributed by atoms with van der Waals surface area (Å²) in [6.45, 7) is 3.86. The van der Waals surface area contributed by atoms with Crippen molar-refractivity contribution in [3.8, 4) is 0 Å². The van der Waals surface area contributed by atoms with Crippen molar-refractivity contribution in [2.45, 2.75) is 20.3 Å². The zero-order valence-electron chi connectivity index (χ0n) is 7.38. The van der Waals surface area contributed by atoms with Gasteiger partial charge in [-0.2, -0.15) is 0 Å². The summed E-state index contributed by atoms with van der Waals surface area (Å²) in [4.78, 5) is 16.0. The molecule has 0 bridgehead atoms. The lowest BCUT2D eigenvalue weighted by molar-refractivity contribution is 0.0605. The Morgan fingerprint density at radius 3 is 2.83 bits per heavy atom. The number of hydrogen-bond donors (Lipinski definition) is 0. The highest BCUT2D eigenvalue weighted by Gasteiger charge is 2.15. The van der Waals surface area contributed by atoms with Gasteiger partial charge in [0, 0.05) is 0 Å².